The van der Waals surface area contributed by atoms with Crippen LogP contribution in [0.2, 0.25) is 0 Å². The SMILES string of the molecule is CC1(C)C[C@H](CCCOc2cccc(S(N)(=O)=O)n2)CN1C(=O)O. The van der Waals surface area contributed by atoms with Crippen molar-refractivity contribution < 1.29 is 23.1 Å². The molecule has 0 saturated carbocycles. The number of carbonyl (C=O) groups is 1. The van der Waals surface area contributed by atoms with E-state index in [-0.39, 0.29) is 16.4 Å². The van der Waals surface area contributed by atoms with Crippen molar-refractivity contribution in [3.05, 3.63) is 18.2 Å². The van der Waals surface area contributed by atoms with Gasteiger partial charge in [0.15, 0.2) is 5.03 Å². The Morgan fingerprint density at radius 2 is 2.21 bits per heavy atom. The van der Waals surface area contributed by atoms with Crippen LogP contribution in [0.15, 0.2) is 23.2 Å². The van der Waals surface area contributed by atoms with Gasteiger partial charge >= 0.3 is 6.09 Å². The monoisotopic (exact) mass is 357 g/mol. The standard InChI is InChI=1S/C15H23N3O5S/c1-15(2)9-11(10-18(15)14(19)20)5-4-8-23-12-6-3-7-13(17-12)24(16,21)22/h3,6-7,11H,4-5,8-10H2,1-2H3,(H,19,20)(H2,16,21,22)/t11-/m0/s1. The molecule has 0 aromatic carbocycles. The fourth-order valence-electron chi connectivity index (χ4n) is 3.10. The van der Waals surface area contributed by atoms with Gasteiger partial charge in [-0.3, -0.25) is 0 Å². The quantitative estimate of drug-likeness (QED) is 0.747. The zero-order valence-corrected chi connectivity index (χ0v) is 14.6. The molecule has 3 N–H and O–H groups in total. The van der Waals surface area contributed by atoms with Crippen LogP contribution < -0.4 is 9.88 Å². The predicted octanol–water partition coefficient (Wildman–Crippen LogP) is 1.67. The van der Waals surface area contributed by atoms with Gasteiger partial charge in [0.25, 0.3) is 10.0 Å². The molecule has 8 nitrogen and oxygen atoms in total. The lowest BCUT2D eigenvalue weighted by Gasteiger charge is -2.28. The fourth-order valence-corrected chi connectivity index (χ4v) is 3.59. The van der Waals surface area contributed by atoms with Gasteiger partial charge < -0.3 is 14.7 Å². The second-order valence-corrected chi connectivity index (χ2v) is 8.13. The summed E-state index contributed by atoms with van der Waals surface area (Å²) in [7, 11) is -3.85. The van der Waals surface area contributed by atoms with Gasteiger partial charge in [0, 0.05) is 18.2 Å². The number of amides is 1. The van der Waals surface area contributed by atoms with Crippen molar-refractivity contribution in [3.63, 3.8) is 0 Å². The largest absolute Gasteiger partial charge is 0.478 e. The van der Waals surface area contributed by atoms with E-state index in [1.54, 1.807) is 6.07 Å². The number of aromatic nitrogens is 1. The van der Waals surface area contributed by atoms with E-state index in [2.05, 4.69) is 4.98 Å². The summed E-state index contributed by atoms with van der Waals surface area (Å²) in [5.74, 6) is 0.504. The van der Waals surface area contributed by atoms with Crippen LogP contribution in [0.3, 0.4) is 0 Å². The van der Waals surface area contributed by atoms with Crippen LogP contribution >= 0.6 is 0 Å². The number of sulfonamides is 1. The molecule has 2 heterocycles. The van der Waals surface area contributed by atoms with Crippen LogP contribution in [0.1, 0.15) is 33.1 Å². The Balaban J connectivity index is 1.81. The second kappa shape index (κ2) is 6.94. The summed E-state index contributed by atoms with van der Waals surface area (Å²) < 4.78 is 28.0. The van der Waals surface area contributed by atoms with E-state index in [4.69, 9.17) is 9.88 Å². The van der Waals surface area contributed by atoms with Crippen molar-refractivity contribution in [2.75, 3.05) is 13.2 Å². The first-order valence-electron chi connectivity index (χ1n) is 7.73. The molecule has 0 radical (unpaired) electrons. The van der Waals surface area contributed by atoms with Crippen molar-refractivity contribution in [2.45, 2.75) is 43.7 Å². The lowest BCUT2D eigenvalue weighted by Crippen LogP contribution is -2.41. The van der Waals surface area contributed by atoms with E-state index >= 15 is 0 Å². The molecule has 1 aromatic rings. The zero-order chi connectivity index (χ0) is 18.0. The predicted molar refractivity (Wildman–Crippen MR) is 87.3 cm³/mol. The van der Waals surface area contributed by atoms with E-state index in [9.17, 15) is 18.3 Å². The Kier molecular flexibility index (Phi) is 5.34. The number of rotatable bonds is 6. The van der Waals surface area contributed by atoms with Gasteiger partial charge in [0.2, 0.25) is 5.88 Å². The molecule has 0 spiro atoms. The first-order valence-corrected chi connectivity index (χ1v) is 9.27. The van der Waals surface area contributed by atoms with E-state index in [1.165, 1.54) is 17.0 Å². The van der Waals surface area contributed by atoms with Gasteiger partial charge in [0.05, 0.1) is 6.61 Å². The summed E-state index contributed by atoms with van der Waals surface area (Å²) >= 11 is 0. The van der Waals surface area contributed by atoms with E-state index < -0.39 is 16.1 Å². The molecule has 0 unspecified atom stereocenters. The highest BCUT2D eigenvalue weighted by atomic mass is 32.2. The van der Waals surface area contributed by atoms with Gasteiger partial charge in [-0.2, -0.15) is 0 Å². The highest BCUT2D eigenvalue weighted by molar-refractivity contribution is 7.89. The van der Waals surface area contributed by atoms with Crippen LogP contribution in [-0.4, -0.2) is 48.2 Å². The molecular weight excluding hydrogens is 334 g/mol. The van der Waals surface area contributed by atoms with Crippen molar-refractivity contribution >= 4 is 16.1 Å². The van der Waals surface area contributed by atoms with Crippen LogP contribution in [0, 0.1) is 5.92 Å². The number of pyridine rings is 1. The minimum Gasteiger partial charge on any atom is -0.478 e. The zero-order valence-electron chi connectivity index (χ0n) is 13.8. The normalized spacial score (nSPS) is 20.1. The number of ether oxygens (including phenoxy) is 1. The van der Waals surface area contributed by atoms with Gasteiger partial charge in [-0.1, -0.05) is 6.07 Å². The summed E-state index contributed by atoms with van der Waals surface area (Å²) in [4.78, 5) is 16.6. The van der Waals surface area contributed by atoms with Gasteiger partial charge in [-0.05, 0) is 45.1 Å². The lowest BCUT2D eigenvalue weighted by molar-refractivity contribution is 0.117. The topological polar surface area (TPSA) is 123 Å². The smallest absolute Gasteiger partial charge is 0.407 e. The summed E-state index contributed by atoms with van der Waals surface area (Å²) in [5.41, 5.74) is -0.345. The molecule has 0 aliphatic carbocycles. The molecule has 134 valence electrons. The third-order valence-electron chi connectivity index (χ3n) is 4.19. The maximum Gasteiger partial charge on any atom is 0.407 e. The lowest BCUT2D eigenvalue weighted by atomic mass is 9.93. The Bertz CT molecular complexity index is 705. The molecule has 2 rings (SSSR count). The maximum absolute atomic E-state index is 11.2. The molecule has 1 aliphatic heterocycles. The summed E-state index contributed by atoms with van der Waals surface area (Å²) in [6.07, 6.45) is 1.50. The molecule has 0 bridgehead atoms. The number of primary sulfonamides is 1. The maximum atomic E-state index is 11.2. The Labute approximate surface area is 141 Å². The minimum absolute atomic E-state index is 0.209. The van der Waals surface area contributed by atoms with Crippen molar-refractivity contribution in [1.82, 2.24) is 9.88 Å². The molecule has 1 amide bonds. The average Bonchev–Trinajstić information content (AvgIpc) is 2.78. The number of nitrogens with two attached hydrogens (primary N) is 1. The van der Waals surface area contributed by atoms with Crippen LogP contribution in [-0.2, 0) is 10.0 Å². The summed E-state index contributed by atoms with van der Waals surface area (Å²) in [5, 5.41) is 14.0. The molecule has 1 aromatic heterocycles. The fraction of sp³-hybridized carbons (Fsp3) is 0.600. The third-order valence-corrected chi connectivity index (χ3v) is 5.00. The first kappa shape index (κ1) is 18.5. The van der Waals surface area contributed by atoms with Crippen molar-refractivity contribution in [3.8, 4) is 5.88 Å². The first-order chi connectivity index (χ1) is 11.1. The molecule has 1 aliphatic rings. The number of hydrogen-bond donors (Lipinski definition) is 2. The van der Waals surface area contributed by atoms with Crippen molar-refractivity contribution in [2.24, 2.45) is 11.1 Å². The summed E-state index contributed by atoms with van der Waals surface area (Å²) in [6.45, 7) is 4.77. The number of carboxylic acid groups (broad SMARTS) is 1. The number of hydrogen-bond acceptors (Lipinski definition) is 5. The highest BCUT2D eigenvalue weighted by Crippen LogP contribution is 2.34. The molecule has 1 saturated heterocycles. The van der Waals surface area contributed by atoms with Gasteiger partial charge in [0.1, 0.15) is 0 Å². The van der Waals surface area contributed by atoms with E-state index in [0.717, 1.165) is 19.3 Å². The van der Waals surface area contributed by atoms with Crippen molar-refractivity contribution in [1.29, 1.82) is 0 Å². The minimum atomic E-state index is -3.85. The highest BCUT2D eigenvalue weighted by Gasteiger charge is 2.40. The Morgan fingerprint density at radius 3 is 2.79 bits per heavy atom. The number of likely N-dealkylation sites (tertiary alicyclic amines) is 1. The van der Waals surface area contributed by atoms with Crippen LogP contribution in [0.4, 0.5) is 4.79 Å². The number of nitrogens with zero attached hydrogens (tertiary/aromatic N) is 2. The molecule has 1 fully saturated rings. The summed E-state index contributed by atoms with van der Waals surface area (Å²) in [6, 6.07) is 4.40. The van der Waals surface area contributed by atoms with E-state index in [0.29, 0.717) is 19.1 Å². The van der Waals surface area contributed by atoms with Gasteiger partial charge in [-0.25, -0.2) is 23.3 Å². The van der Waals surface area contributed by atoms with Crippen LogP contribution in [0.25, 0.3) is 0 Å². The van der Waals surface area contributed by atoms with Crippen LogP contribution in [0.5, 0.6) is 5.88 Å². The molecule has 24 heavy (non-hydrogen) atoms. The average molecular weight is 357 g/mol. The second-order valence-electron chi connectivity index (χ2n) is 6.63. The Hall–Kier alpha value is -1.87. The molecule has 1 atom stereocenters. The van der Waals surface area contributed by atoms with E-state index in [1.807, 2.05) is 13.8 Å². The van der Waals surface area contributed by atoms with Gasteiger partial charge in [-0.15, -0.1) is 0 Å². The third kappa shape index (κ3) is 4.57. The molecule has 9 heteroatoms. The molecular formula is C15H23N3O5S. The Morgan fingerprint density at radius 1 is 1.50 bits per heavy atom.